The number of rotatable bonds is 2. The van der Waals surface area contributed by atoms with Crippen LogP contribution in [-0.2, 0) is 14.3 Å². The minimum absolute atomic E-state index is 0.0505. The molecule has 1 unspecified atom stereocenters. The maximum absolute atomic E-state index is 12.0. The molecule has 0 aromatic heterocycles. The fourth-order valence-electron chi connectivity index (χ4n) is 3.11. The second-order valence-electron chi connectivity index (χ2n) is 5.46. The molecule has 0 bridgehead atoms. The van der Waals surface area contributed by atoms with Crippen molar-refractivity contribution in [3.63, 3.8) is 0 Å². The Morgan fingerprint density at radius 2 is 1.88 bits per heavy atom. The van der Waals surface area contributed by atoms with Crippen LogP contribution in [0, 0.1) is 11.3 Å². The van der Waals surface area contributed by atoms with Crippen molar-refractivity contribution in [2.24, 2.45) is 11.3 Å². The Hall–Kier alpha value is -1.10. The minimum atomic E-state index is -0.854. The summed E-state index contributed by atoms with van der Waals surface area (Å²) in [6, 6.07) is -0.612. The summed E-state index contributed by atoms with van der Waals surface area (Å²) in [7, 11) is 0. The maximum Gasteiger partial charge on any atom is 0.327 e. The van der Waals surface area contributed by atoms with Gasteiger partial charge in [0.15, 0.2) is 0 Å². The van der Waals surface area contributed by atoms with Crippen LogP contribution < -0.4 is 0 Å². The van der Waals surface area contributed by atoms with Gasteiger partial charge in [-0.25, -0.2) is 4.79 Å². The molecule has 1 saturated carbocycles. The highest BCUT2D eigenvalue weighted by atomic mass is 16.5. The van der Waals surface area contributed by atoms with Gasteiger partial charge in [-0.3, -0.25) is 4.79 Å². The fraction of sp³-hybridized carbons (Fsp3) is 0.833. The molecule has 17 heavy (non-hydrogen) atoms. The lowest BCUT2D eigenvalue weighted by Crippen LogP contribution is -2.70. The molecule has 1 atom stereocenters. The van der Waals surface area contributed by atoms with Crippen molar-refractivity contribution in [2.45, 2.75) is 31.7 Å². The van der Waals surface area contributed by atoms with Gasteiger partial charge < -0.3 is 14.7 Å². The van der Waals surface area contributed by atoms with Gasteiger partial charge in [0, 0.05) is 31.1 Å². The molecule has 2 saturated heterocycles. The first-order valence-electron chi connectivity index (χ1n) is 6.25. The molecule has 1 aliphatic carbocycles. The van der Waals surface area contributed by atoms with E-state index in [1.807, 2.05) is 0 Å². The van der Waals surface area contributed by atoms with E-state index in [1.165, 1.54) is 0 Å². The molecule has 94 valence electrons. The lowest BCUT2D eigenvalue weighted by molar-refractivity contribution is -0.186. The molecule has 3 fully saturated rings. The Morgan fingerprint density at radius 1 is 1.24 bits per heavy atom. The molecule has 3 aliphatic rings. The number of likely N-dealkylation sites (tertiary alicyclic amines) is 1. The highest BCUT2D eigenvalue weighted by Gasteiger charge is 2.59. The van der Waals surface area contributed by atoms with E-state index < -0.39 is 12.0 Å². The summed E-state index contributed by atoms with van der Waals surface area (Å²) >= 11 is 0. The van der Waals surface area contributed by atoms with Gasteiger partial charge in [-0.15, -0.1) is 0 Å². The van der Waals surface area contributed by atoms with E-state index in [0.29, 0.717) is 19.8 Å². The van der Waals surface area contributed by atoms with Crippen molar-refractivity contribution in [3.8, 4) is 0 Å². The first kappa shape index (κ1) is 11.0. The zero-order chi connectivity index (χ0) is 12.0. The predicted molar refractivity (Wildman–Crippen MR) is 58.3 cm³/mol. The van der Waals surface area contributed by atoms with Gasteiger partial charge in [0.1, 0.15) is 6.04 Å². The lowest BCUT2D eigenvalue weighted by Gasteiger charge is -2.57. The minimum Gasteiger partial charge on any atom is -0.480 e. The molecule has 1 spiro atoms. The third-order valence-electron chi connectivity index (χ3n) is 4.31. The standard InChI is InChI=1S/C12H17NO4/c14-10(8-1-2-8)13-7-12(9(13)11(15)16)3-5-17-6-4-12/h8-9H,1-7H2,(H,15,16). The van der Waals surface area contributed by atoms with Crippen molar-refractivity contribution in [3.05, 3.63) is 0 Å². The highest BCUT2D eigenvalue weighted by molar-refractivity contribution is 5.89. The quantitative estimate of drug-likeness (QED) is 0.761. The van der Waals surface area contributed by atoms with Crippen molar-refractivity contribution in [1.29, 1.82) is 0 Å². The lowest BCUT2D eigenvalue weighted by atomic mass is 9.66. The number of amides is 1. The van der Waals surface area contributed by atoms with Gasteiger partial charge in [0.05, 0.1) is 0 Å². The van der Waals surface area contributed by atoms with Crippen molar-refractivity contribution >= 4 is 11.9 Å². The second-order valence-corrected chi connectivity index (χ2v) is 5.46. The van der Waals surface area contributed by atoms with Crippen LogP contribution in [0.15, 0.2) is 0 Å². The fourth-order valence-corrected chi connectivity index (χ4v) is 3.11. The number of carboxylic acid groups (broad SMARTS) is 1. The Kier molecular flexibility index (Phi) is 2.40. The molecular formula is C12H17NO4. The van der Waals surface area contributed by atoms with Crippen molar-refractivity contribution < 1.29 is 19.4 Å². The van der Waals surface area contributed by atoms with Gasteiger partial charge in [0.25, 0.3) is 0 Å². The Labute approximate surface area is 99.7 Å². The van der Waals surface area contributed by atoms with E-state index in [4.69, 9.17) is 4.74 Å². The third-order valence-corrected chi connectivity index (χ3v) is 4.31. The smallest absolute Gasteiger partial charge is 0.327 e. The summed E-state index contributed by atoms with van der Waals surface area (Å²) < 4.78 is 5.29. The zero-order valence-corrected chi connectivity index (χ0v) is 9.72. The molecule has 1 N–H and O–H groups in total. The van der Waals surface area contributed by atoms with Gasteiger partial charge >= 0.3 is 5.97 Å². The van der Waals surface area contributed by atoms with Gasteiger partial charge in [-0.05, 0) is 25.7 Å². The van der Waals surface area contributed by atoms with Crippen LogP contribution in [-0.4, -0.2) is 47.7 Å². The number of hydrogen-bond acceptors (Lipinski definition) is 3. The number of carbonyl (C=O) groups excluding carboxylic acids is 1. The first-order valence-corrected chi connectivity index (χ1v) is 6.25. The summed E-state index contributed by atoms with van der Waals surface area (Å²) in [6.07, 6.45) is 3.38. The number of carbonyl (C=O) groups is 2. The largest absolute Gasteiger partial charge is 0.480 e. The monoisotopic (exact) mass is 239 g/mol. The summed E-state index contributed by atoms with van der Waals surface area (Å²) in [5.74, 6) is -0.698. The van der Waals surface area contributed by atoms with Crippen molar-refractivity contribution in [1.82, 2.24) is 4.90 Å². The SMILES string of the molecule is O=C(O)C1N(C(=O)C2CC2)CC12CCOCC2. The molecule has 0 aromatic rings. The van der Waals surface area contributed by atoms with E-state index in [2.05, 4.69) is 0 Å². The number of carboxylic acids is 1. The first-order chi connectivity index (χ1) is 8.14. The van der Waals surface area contributed by atoms with E-state index in [1.54, 1.807) is 4.90 Å². The van der Waals surface area contributed by atoms with E-state index in [-0.39, 0.29) is 17.2 Å². The Morgan fingerprint density at radius 3 is 2.41 bits per heavy atom. The topological polar surface area (TPSA) is 66.8 Å². The van der Waals surface area contributed by atoms with Crippen LogP contribution in [0.1, 0.15) is 25.7 Å². The normalized spacial score (nSPS) is 31.1. The number of aliphatic carboxylic acids is 1. The molecule has 5 heteroatoms. The average Bonchev–Trinajstić information content (AvgIpc) is 3.09. The third kappa shape index (κ3) is 1.64. The summed E-state index contributed by atoms with van der Waals surface area (Å²) in [6.45, 7) is 1.85. The summed E-state index contributed by atoms with van der Waals surface area (Å²) in [5.41, 5.74) is -0.214. The number of nitrogens with zero attached hydrogens (tertiary/aromatic N) is 1. The molecule has 1 amide bonds. The molecule has 2 aliphatic heterocycles. The van der Waals surface area contributed by atoms with E-state index in [0.717, 1.165) is 25.7 Å². The van der Waals surface area contributed by atoms with Gasteiger partial charge in [0.2, 0.25) is 5.91 Å². The van der Waals surface area contributed by atoms with Crippen LogP contribution >= 0.6 is 0 Å². The summed E-state index contributed by atoms with van der Waals surface area (Å²) in [4.78, 5) is 24.9. The van der Waals surface area contributed by atoms with E-state index in [9.17, 15) is 14.7 Å². The van der Waals surface area contributed by atoms with Gasteiger partial charge in [-0.2, -0.15) is 0 Å². The number of hydrogen-bond donors (Lipinski definition) is 1. The van der Waals surface area contributed by atoms with Crippen LogP contribution in [0.25, 0.3) is 0 Å². The zero-order valence-electron chi connectivity index (χ0n) is 9.72. The molecule has 3 rings (SSSR count). The Bertz CT molecular complexity index is 358. The maximum atomic E-state index is 12.0. The predicted octanol–water partition coefficient (Wildman–Crippen LogP) is 0.489. The van der Waals surface area contributed by atoms with Crippen molar-refractivity contribution in [2.75, 3.05) is 19.8 Å². The molecule has 0 radical (unpaired) electrons. The Balaban J connectivity index is 1.76. The highest BCUT2D eigenvalue weighted by Crippen LogP contribution is 2.48. The van der Waals surface area contributed by atoms with Crippen LogP contribution in [0.5, 0.6) is 0 Å². The van der Waals surface area contributed by atoms with Crippen LogP contribution in [0.2, 0.25) is 0 Å². The van der Waals surface area contributed by atoms with E-state index >= 15 is 0 Å². The molecular weight excluding hydrogens is 222 g/mol. The molecule has 5 nitrogen and oxygen atoms in total. The average molecular weight is 239 g/mol. The second kappa shape index (κ2) is 3.70. The van der Waals surface area contributed by atoms with Crippen LogP contribution in [0.4, 0.5) is 0 Å². The summed E-state index contributed by atoms with van der Waals surface area (Å²) in [5, 5.41) is 9.34. The molecule has 0 aromatic carbocycles. The molecule has 2 heterocycles. The van der Waals surface area contributed by atoms with Crippen LogP contribution in [0.3, 0.4) is 0 Å². The van der Waals surface area contributed by atoms with Gasteiger partial charge in [-0.1, -0.05) is 0 Å². The number of ether oxygens (including phenoxy) is 1.